The second-order valence-electron chi connectivity index (χ2n) is 4.29. The van der Waals surface area contributed by atoms with Crippen molar-refractivity contribution in [1.29, 1.82) is 0 Å². The van der Waals surface area contributed by atoms with E-state index in [0.29, 0.717) is 28.2 Å². The Kier molecular flexibility index (Phi) is 4.56. The van der Waals surface area contributed by atoms with Gasteiger partial charge in [-0.15, -0.1) is 0 Å². The molecule has 0 amide bonds. The molecule has 0 radical (unpaired) electrons. The third-order valence-corrected chi connectivity index (χ3v) is 3.00. The number of benzene rings is 2. The minimum Gasteiger partial charge on any atom is -0.497 e. The fraction of sp³-hybridized carbons (Fsp3) is 0.125. The molecular weight excluding hydrogens is 270 g/mol. The van der Waals surface area contributed by atoms with Crippen LogP contribution in [0.15, 0.2) is 54.7 Å². The number of nitrogens with zero attached hydrogens (tertiary/aromatic N) is 1. The predicted molar refractivity (Wildman–Crippen MR) is 80.1 cm³/mol. The van der Waals surface area contributed by atoms with E-state index in [0.717, 1.165) is 6.20 Å². The van der Waals surface area contributed by atoms with Gasteiger partial charge >= 0.3 is 0 Å². The average molecular weight is 285 g/mol. The normalized spacial score (nSPS) is 9.81. The van der Waals surface area contributed by atoms with Crippen LogP contribution in [0.1, 0.15) is 11.1 Å². The zero-order chi connectivity index (χ0) is 15.2. The van der Waals surface area contributed by atoms with E-state index in [2.05, 4.69) is 0 Å². The predicted octanol–water partition coefficient (Wildman–Crippen LogP) is 3.37. The number of nitro groups is 1. The lowest BCUT2D eigenvalue weighted by atomic mass is 9.98. The molecule has 0 aromatic heterocycles. The van der Waals surface area contributed by atoms with E-state index < -0.39 is 4.92 Å². The van der Waals surface area contributed by atoms with Gasteiger partial charge in [0.1, 0.15) is 11.5 Å². The SMILES string of the molecule is COc1cccc(C(=C[N+](=O)[O-])c2cccc(OC)c2)c1. The summed E-state index contributed by atoms with van der Waals surface area (Å²) < 4.78 is 10.3. The largest absolute Gasteiger partial charge is 0.497 e. The molecule has 0 aliphatic heterocycles. The van der Waals surface area contributed by atoms with Gasteiger partial charge < -0.3 is 9.47 Å². The molecule has 0 saturated heterocycles. The summed E-state index contributed by atoms with van der Waals surface area (Å²) >= 11 is 0. The van der Waals surface area contributed by atoms with Gasteiger partial charge in [0.15, 0.2) is 0 Å². The summed E-state index contributed by atoms with van der Waals surface area (Å²) in [5.41, 5.74) is 1.91. The Hall–Kier alpha value is -2.82. The first-order chi connectivity index (χ1) is 10.1. The first-order valence-electron chi connectivity index (χ1n) is 6.28. The van der Waals surface area contributed by atoms with Crippen molar-refractivity contribution in [2.45, 2.75) is 0 Å². The number of hydrogen-bond donors (Lipinski definition) is 0. The molecule has 0 saturated carbocycles. The lowest BCUT2D eigenvalue weighted by molar-refractivity contribution is -0.401. The van der Waals surface area contributed by atoms with Crippen molar-refractivity contribution < 1.29 is 14.4 Å². The van der Waals surface area contributed by atoms with Crippen LogP contribution in [0.3, 0.4) is 0 Å². The van der Waals surface area contributed by atoms with E-state index in [1.165, 1.54) is 0 Å². The van der Waals surface area contributed by atoms with E-state index >= 15 is 0 Å². The van der Waals surface area contributed by atoms with Crippen LogP contribution in [-0.4, -0.2) is 19.1 Å². The summed E-state index contributed by atoms with van der Waals surface area (Å²) in [4.78, 5) is 10.5. The van der Waals surface area contributed by atoms with Crippen molar-refractivity contribution in [3.63, 3.8) is 0 Å². The van der Waals surface area contributed by atoms with Gasteiger partial charge in [0.05, 0.1) is 24.7 Å². The average Bonchev–Trinajstić information content (AvgIpc) is 2.52. The molecule has 5 nitrogen and oxygen atoms in total. The van der Waals surface area contributed by atoms with Gasteiger partial charge in [0, 0.05) is 0 Å². The van der Waals surface area contributed by atoms with Crippen LogP contribution >= 0.6 is 0 Å². The van der Waals surface area contributed by atoms with Crippen molar-refractivity contribution >= 4 is 5.57 Å². The maximum absolute atomic E-state index is 10.9. The summed E-state index contributed by atoms with van der Waals surface area (Å²) in [6.07, 6.45) is 0.990. The molecule has 2 aromatic rings. The minimum absolute atomic E-state index is 0.464. The molecule has 0 atom stereocenters. The smallest absolute Gasteiger partial charge is 0.242 e. The van der Waals surface area contributed by atoms with E-state index in [1.54, 1.807) is 62.8 Å². The van der Waals surface area contributed by atoms with Crippen molar-refractivity contribution in [2.24, 2.45) is 0 Å². The Labute approximate surface area is 122 Å². The van der Waals surface area contributed by atoms with Crippen LogP contribution < -0.4 is 9.47 Å². The summed E-state index contributed by atoms with van der Waals surface area (Å²) in [5.74, 6) is 1.29. The molecule has 0 unspecified atom stereocenters. The molecule has 0 spiro atoms. The van der Waals surface area contributed by atoms with Crippen molar-refractivity contribution in [3.05, 3.63) is 76.0 Å². The molecule has 0 fully saturated rings. The van der Waals surface area contributed by atoms with Crippen molar-refractivity contribution in [1.82, 2.24) is 0 Å². The first-order valence-corrected chi connectivity index (χ1v) is 6.28. The van der Waals surface area contributed by atoms with Gasteiger partial charge in [-0.1, -0.05) is 24.3 Å². The highest BCUT2D eigenvalue weighted by atomic mass is 16.6. The van der Waals surface area contributed by atoms with Crippen LogP contribution in [0.5, 0.6) is 11.5 Å². The molecule has 0 bridgehead atoms. The minimum atomic E-state index is -0.464. The Balaban J connectivity index is 2.55. The Morgan fingerprint density at radius 3 is 1.86 bits per heavy atom. The van der Waals surface area contributed by atoms with Gasteiger partial charge in [-0.3, -0.25) is 10.1 Å². The van der Waals surface area contributed by atoms with Crippen LogP contribution in [0.2, 0.25) is 0 Å². The third-order valence-electron chi connectivity index (χ3n) is 3.00. The third kappa shape index (κ3) is 3.60. The number of hydrogen-bond acceptors (Lipinski definition) is 4. The standard InChI is InChI=1S/C16H15NO4/c1-20-14-7-3-5-12(9-14)16(11-17(18)19)13-6-4-8-15(10-13)21-2/h3-11H,1-2H3. The van der Waals surface area contributed by atoms with Gasteiger partial charge in [-0.25, -0.2) is 0 Å². The molecule has 2 rings (SSSR count). The van der Waals surface area contributed by atoms with Gasteiger partial charge in [-0.2, -0.15) is 0 Å². The Morgan fingerprint density at radius 1 is 1.00 bits per heavy atom. The van der Waals surface area contributed by atoms with Crippen molar-refractivity contribution in [2.75, 3.05) is 14.2 Å². The highest BCUT2D eigenvalue weighted by Crippen LogP contribution is 2.28. The molecule has 21 heavy (non-hydrogen) atoms. The quantitative estimate of drug-likeness (QED) is 0.624. The van der Waals surface area contributed by atoms with Crippen LogP contribution in [0.25, 0.3) is 5.57 Å². The monoisotopic (exact) mass is 285 g/mol. The molecule has 0 aliphatic rings. The maximum atomic E-state index is 10.9. The molecule has 0 aliphatic carbocycles. The zero-order valence-electron chi connectivity index (χ0n) is 11.8. The highest BCUT2D eigenvalue weighted by molar-refractivity contribution is 5.80. The molecule has 0 N–H and O–H groups in total. The van der Waals surface area contributed by atoms with Crippen LogP contribution in [0, 0.1) is 10.1 Å². The second-order valence-corrected chi connectivity index (χ2v) is 4.29. The molecular formula is C16H15NO4. The summed E-state index contributed by atoms with van der Waals surface area (Å²) in [6, 6.07) is 14.3. The molecule has 2 aromatic carbocycles. The molecule has 108 valence electrons. The number of rotatable bonds is 5. The topological polar surface area (TPSA) is 61.6 Å². The Bertz CT molecular complexity index is 630. The van der Waals surface area contributed by atoms with Gasteiger partial charge in [0.25, 0.3) is 0 Å². The van der Waals surface area contributed by atoms with Gasteiger partial charge in [0.2, 0.25) is 6.20 Å². The first kappa shape index (κ1) is 14.6. The zero-order valence-corrected chi connectivity index (χ0v) is 11.8. The van der Waals surface area contributed by atoms with Crippen LogP contribution in [0.4, 0.5) is 0 Å². The maximum Gasteiger partial charge on any atom is 0.242 e. The van der Waals surface area contributed by atoms with E-state index in [4.69, 9.17) is 9.47 Å². The summed E-state index contributed by atoms with van der Waals surface area (Å²) in [6.45, 7) is 0. The van der Waals surface area contributed by atoms with Crippen LogP contribution in [-0.2, 0) is 0 Å². The number of methoxy groups -OCH3 is 2. The fourth-order valence-electron chi connectivity index (χ4n) is 2.00. The molecule has 0 heterocycles. The highest BCUT2D eigenvalue weighted by Gasteiger charge is 2.11. The van der Waals surface area contributed by atoms with E-state index in [-0.39, 0.29) is 0 Å². The summed E-state index contributed by atoms with van der Waals surface area (Å²) in [7, 11) is 3.11. The fourth-order valence-corrected chi connectivity index (χ4v) is 2.00. The van der Waals surface area contributed by atoms with E-state index in [9.17, 15) is 10.1 Å². The van der Waals surface area contributed by atoms with Gasteiger partial charge in [-0.05, 0) is 35.4 Å². The summed E-state index contributed by atoms with van der Waals surface area (Å²) in [5, 5.41) is 10.9. The second kappa shape index (κ2) is 6.56. The van der Waals surface area contributed by atoms with Crippen molar-refractivity contribution in [3.8, 4) is 11.5 Å². The lowest BCUT2D eigenvalue weighted by Crippen LogP contribution is -1.95. The van der Waals surface area contributed by atoms with E-state index in [1.807, 2.05) is 0 Å². The number of ether oxygens (including phenoxy) is 2. The lowest BCUT2D eigenvalue weighted by Gasteiger charge is -2.09. The Morgan fingerprint density at radius 2 is 1.48 bits per heavy atom. The molecule has 5 heteroatoms.